The monoisotopic (exact) mass is 512 g/mol. The highest BCUT2D eigenvalue weighted by Crippen LogP contribution is 2.37. The average Bonchev–Trinajstić information content (AvgIpc) is 2.93. The standard InChI is InChI=1S/C31H33N3O4/c1-22(35)32-26-13-8-14-27(19-26)33-30(25-11-6-3-7-12-25)31(37)38-29-21-34(17-15-24(29)16-18-34)20-28(36)23-9-4-2-5-10-23/h2-14,19,24,29-30,33H,15-18,20-21H2,1H3/p+1/t24?,29-,30?,34?/m0/s1. The summed E-state index contributed by atoms with van der Waals surface area (Å²) in [6, 6.07) is 25.5. The summed E-state index contributed by atoms with van der Waals surface area (Å²) in [5.41, 5.74) is 2.88. The molecule has 2 N–H and O–H groups in total. The van der Waals surface area contributed by atoms with E-state index in [1.165, 1.54) is 6.92 Å². The number of nitrogens with one attached hydrogen (secondary N) is 2. The molecule has 3 aromatic carbocycles. The maximum absolute atomic E-state index is 13.7. The summed E-state index contributed by atoms with van der Waals surface area (Å²) in [6.45, 7) is 4.43. The van der Waals surface area contributed by atoms with Gasteiger partial charge in [0.05, 0.1) is 13.1 Å². The van der Waals surface area contributed by atoms with Crippen LogP contribution in [0.15, 0.2) is 84.9 Å². The van der Waals surface area contributed by atoms with E-state index < -0.39 is 6.04 Å². The number of hydrogen-bond donors (Lipinski definition) is 2. The number of anilines is 2. The van der Waals surface area contributed by atoms with Crippen molar-refractivity contribution in [1.29, 1.82) is 0 Å². The van der Waals surface area contributed by atoms with Gasteiger partial charge in [-0.15, -0.1) is 0 Å². The fourth-order valence-electron chi connectivity index (χ4n) is 5.79. The number of benzene rings is 3. The van der Waals surface area contributed by atoms with Crippen LogP contribution >= 0.6 is 0 Å². The summed E-state index contributed by atoms with van der Waals surface area (Å²) < 4.78 is 6.89. The van der Waals surface area contributed by atoms with E-state index in [0.29, 0.717) is 34.9 Å². The zero-order valence-electron chi connectivity index (χ0n) is 21.6. The third-order valence-electron chi connectivity index (χ3n) is 7.75. The van der Waals surface area contributed by atoms with E-state index in [4.69, 9.17) is 4.74 Å². The second kappa shape index (κ2) is 11.2. The van der Waals surface area contributed by atoms with Crippen LogP contribution in [0.1, 0.15) is 41.7 Å². The Kier molecular flexibility index (Phi) is 7.56. The highest BCUT2D eigenvalue weighted by molar-refractivity contribution is 5.97. The number of hydrogen-bond acceptors (Lipinski definition) is 5. The summed E-state index contributed by atoms with van der Waals surface area (Å²) in [6.07, 6.45) is 1.66. The van der Waals surface area contributed by atoms with Crippen molar-refractivity contribution >= 4 is 29.0 Å². The van der Waals surface area contributed by atoms with Crippen molar-refractivity contribution in [2.45, 2.75) is 31.9 Å². The first kappa shape index (κ1) is 25.7. The zero-order chi connectivity index (χ0) is 26.5. The number of nitrogens with zero attached hydrogens (tertiary/aromatic N) is 1. The van der Waals surface area contributed by atoms with Crippen LogP contribution in [0.3, 0.4) is 0 Å². The summed E-state index contributed by atoms with van der Waals surface area (Å²) in [7, 11) is 0. The Labute approximate surface area is 223 Å². The van der Waals surface area contributed by atoms with Gasteiger partial charge >= 0.3 is 5.97 Å². The smallest absolute Gasteiger partial charge is 0.333 e. The maximum atomic E-state index is 13.7. The molecule has 0 aliphatic carbocycles. The van der Waals surface area contributed by atoms with Gasteiger partial charge in [-0.3, -0.25) is 9.59 Å². The summed E-state index contributed by atoms with van der Waals surface area (Å²) >= 11 is 0. The molecule has 2 atom stereocenters. The minimum absolute atomic E-state index is 0.138. The zero-order valence-corrected chi connectivity index (χ0v) is 21.6. The molecule has 3 heterocycles. The van der Waals surface area contributed by atoms with Crippen molar-refractivity contribution in [3.05, 3.63) is 96.1 Å². The molecular weight excluding hydrogens is 478 g/mol. The van der Waals surface area contributed by atoms with Crippen LogP contribution in [-0.2, 0) is 14.3 Å². The van der Waals surface area contributed by atoms with Crippen LogP contribution in [0.5, 0.6) is 0 Å². The van der Waals surface area contributed by atoms with Crippen molar-refractivity contribution in [1.82, 2.24) is 0 Å². The molecule has 3 aliphatic rings. The summed E-state index contributed by atoms with van der Waals surface area (Å²) in [5.74, 6) is -0.0528. The van der Waals surface area contributed by atoms with Gasteiger partial charge in [-0.05, 0) is 23.8 Å². The predicted octanol–water partition coefficient (Wildman–Crippen LogP) is 4.83. The minimum Gasteiger partial charge on any atom is -0.454 e. The van der Waals surface area contributed by atoms with Crippen LogP contribution in [0.4, 0.5) is 11.4 Å². The number of carbonyl (C=O) groups excluding carboxylic acids is 3. The van der Waals surface area contributed by atoms with Gasteiger partial charge < -0.3 is 19.9 Å². The number of ketones is 1. The second-order valence-electron chi connectivity index (χ2n) is 10.5. The van der Waals surface area contributed by atoms with E-state index in [0.717, 1.165) is 37.1 Å². The molecule has 3 aromatic rings. The topological polar surface area (TPSA) is 84.5 Å². The molecule has 0 spiro atoms. The molecule has 0 aromatic heterocycles. The van der Waals surface area contributed by atoms with Crippen LogP contribution in [0.2, 0.25) is 0 Å². The first-order valence-corrected chi connectivity index (χ1v) is 13.2. The minimum atomic E-state index is -0.710. The van der Waals surface area contributed by atoms with E-state index in [-0.39, 0.29) is 23.8 Å². The molecule has 196 valence electrons. The van der Waals surface area contributed by atoms with Crippen molar-refractivity contribution in [2.75, 3.05) is 36.8 Å². The van der Waals surface area contributed by atoms with E-state index in [1.54, 1.807) is 12.1 Å². The first-order chi connectivity index (χ1) is 18.4. The largest absolute Gasteiger partial charge is 0.454 e. The molecule has 1 unspecified atom stereocenters. The highest BCUT2D eigenvalue weighted by atomic mass is 16.5. The van der Waals surface area contributed by atoms with E-state index in [9.17, 15) is 14.4 Å². The van der Waals surface area contributed by atoms with E-state index in [1.807, 2.05) is 72.8 Å². The molecule has 0 saturated carbocycles. The maximum Gasteiger partial charge on any atom is 0.333 e. The number of fused-ring (bicyclic) bond motifs is 3. The Morgan fingerprint density at radius 1 is 0.895 bits per heavy atom. The lowest BCUT2D eigenvalue weighted by molar-refractivity contribution is -0.938. The molecule has 3 fully saturated rings. The van der Waals surface area contributed by atoms with E-state index in [2.05, 4.69) is 10.6 Å². The van der Waals surface area contributed by atoms with Gasteiger partial charge in [0.15, 0.2) is 12.1 Å². The summed E-state index contributed by atoms with van der Waals surface area (Å²) in [4.78, 5) is 38.2. The molecule has 3 saturated heterocycles. The van der Waals surface area contributed by atoms with Gasteiger partial charge in [0.25, 0.3) is 0 Å². The first-order valence-electron chi connectivity index (χ1n) is 13.2. The van der Waals surface area contributed by atoms with Gasteiger partial charge in [-0.1, -0.05) is 66.7 Å². The Morgan fingerprint density at radius 2 is 1.55 bits per heavy atom. The Balaban J connectivity index is 1.32. The SMILES string of the molecule is CC(=O)Nc1cccc(NC(C(=O)O[C@H]2C[N+]3(CC(=O)c4ccccc4)CCC2CC3)c2ccccc2)c1. The Bertz CT molecular complexity index is 1290. The van der Waals surface area contributed by atoms with E-state index >= 15 is 0 Å². The molecule has 38 heavy (non-hydrogen) atoms. The van der Waals surface area contributed by atoms with Crippen molar-refractivity contribution in [2.24, 2.45) is 5.92 Å². The molecule has 1 amide bonds. The van der Waals surface area contributed by atoms with Crippen molar-refractivity contribution < 1.29 is 23.6 Å². The molecule has 0 radical (unpaired) electrons. The summed E-state index contributed by atoms with van der Waals surface area (Å²) in [5, 5.41) is 6.10. The average molecular weight is 513 g/mol. The van der Waals surface area contributed by atoms with Crippen molar-refractivity contribution in [3.8, 4) is 0 Å². The number of amides is 1. The van der Waals surface area contributed by atoms with Crippen LogP contribution in [-0.4, -0.2) is 54.4 Å². The van der Waals surface area contributed by atoms with Crippen LogP contribution in [0, 0.1) is 5.92 Å². The third-order valence-corrected chi connectivity index (χ3v) is 7.75. The molecule has 2 bridgehead atoms. The number of rotatable bonds is 9. The fraction of sp³-hybridized carbons (Fsp3) is 0.323. The van der Waals surface area contributed by atoms with Gasteiger partial charge in [0.2, 0.25) is 11.7 Å². The van der Waals surface area contributed by atoms with Crippen LogP contribution < -0.4 is 10.6 Å². The fourth-order valence-corrected chi connectivity index (χ4v) is 5.79. The molecular formula is C31H34N3O4+. The second-order valence-corrected chi connectivity index (χ2v) is 10.5. The van der Waals surface area contributed by atoms with Gasteiger partial charge in [0, 0.05) is 42.6 Å². The number of esters is 1. The lowest BCUT2D eigenvalue weighted by Gasteiger charge is -2.51. The molecule has 7 nitrogen and oxygen atoms in total. The quantitative estimate of drug-likeness (QED) is 0.244. The predicted molar refractivity (Wildman–Crippen MR) is 147 cm³/mol. The Morgan fingerprint density at radius 3 is 2.24 bits per heavy atom. The highest BCUT2D eigenvalue weighted by Gasteiger charge is 2.49. The molecule has 6 rings (SSSR count). The lowest BCUT2D eigenvalue weighted by Crippen LogP contribution is -2.65. The number of piperidine rings is 3. The normalized spacial score (nSPS) is 22.8. The molecule has 3 aliphatic heterocycles. The van der Waals surface area contributed by atoms with Gasteiger partial charge in [0.1, 0.15) is 13.1 Å². The van der Waals surface area contributed by atoms with Crippen molar-refractivity contribution in [3.63, 3.8) is 0 Å². The van der Waals surface area contributed by atoms with Gasteiger partial charge in [-0.2, -0.15) is 0 Å². The van der Waals surface area contributed by atoms with Crippen LogP contribution in [0.25, 0.3) is 0 Å². The lowest BCUT2D eigenvalue weighted by atomic mass is 9.82. The number of quaternary nitrogens is 1. The number of ether oxygens (including phenoxy) is 1. The number of carbonyl (C=O) groups is 3. The number of Topliss-reactive ketones (excluding diaryl/α,β-unsaturated/α-hetero) is 1. The third kappa shape index (κ3) is 5.94. The van der Waals surface area contributed by atoms with Gasteiger partial charge in [-0.25, -0.2) is 4.79 Å². The Hall–Kier alpha value is -3.97. The molecule has 7 heteroatoms.